The molecule has 1 aliphatic carbocycles. The normalized spacial score (nSPS) is 20.9. The van der Waals surface area contributed by atoms with Gasteiger partial charge in [0, 0.05) is 17.1 Å². The number of hydrogen-bond donors (Lipinski definition) is 2. The average Bonchev–Trinajstić information content (AvgIpc) is 2.58. The minimum Gasteiger partial charge on any atom is -0.393 e. The summed E-state index contributed by atoms with van der Waals surface area (Å²) in [7, 11) is 0. The maximum Gasteiger partial charge on any atom is 0.254 e. The lowest BCUT2D eigenvalue weighted by Crippen LogP contribution is -2.38. The van der Waals surface area contributed by atoms with Crippen LogP contribution >= 0.6 is 11.8 Å². The highest BCUT2D eigenvalue weighted by atomic mass is 32.2. The second-order valence-electron chi connectivity index (χ2n) is 5.75. The van der Waals surface area contributed by atoms with Gasteiger partial charge in [-0.25, -0.2) is 4.98 Å². The number of carbonyl (C=O) groups is 1. The summed E-state index contributed by atoms with van der Waals surface area (Å²) in [6, 6.07) is 13.7. The van der Waals surface area contributed by atoms with Crippen LogP contribution in [0.3, 0.4) is 0 Å². The molecule has 23 heavy (non-hydrogen) atoms. The van der Waals surface area contributed by atoms with Gasteiger partial charge in [-0.2, -0.15) is 0 Å². The summed E-state index contributed by atoms with van der Waals surface area (Å²) in [4.78, 5) is 18.0. The molecular formula is C18H20N2O2S. The fourth-order valence-electron chi connectivity index (χ4n) is 2.73. The van der Waals surface area contributed by atoms with Gasteiger partial charge in [-0.1, -0.05) is 30.0 Å². The molecule has 0 bridgehead atoms. The van der Waals surface area contributed by atoms with E-state index < -0.39 is 0 Å². The first kappa shape index (κ1) is 16.0. The molecule has 5 heteroatoms. The number of benzene rings is 1. The fourth-order valence-corrected chi connectivity index (χ4v) is 3.63. The lowest BCUT2D eigenvalue weighted by atomic mass is 9.93. The molecule has 0 saturated heterocycles. The molecule has 0 radical (unpaired) electrons. The van der Waals surface area contributed by atoms with Gasteiger partial charge < -0.3 is 10.4 Å². The monoisotopic (exact) mass is 328 g/mol. The predicted molar refractivity (Wildman–Crippen MR) is 90.5 cm³/mol. The van der Waals surface area contributed by atoms with Gasteiger partial charge in [-0.3, -0.25) is 4.79 Å². The molecule has 1 aromatic carbocycles. The van der Waals surface area contributed by atoms with E-state index in [0.717, 1.165) is 30.6 Å². The van der Waals surface area contributed by atoms with Crippen LogP contribution in [0.15, 0.2) is 58.6 Å². The predicted octanol–water partition coefficient (Wildman–Crippen LogP) is 3.27. The third kappa shape index (κ3) is 4.33. The van der Waals surface area contributed by atoms with Crippen molar-refractivity contribution in [3.8, 4) is 0 Å². The SMILES string of the molecule is O=C(NC1CCC(O)CC1)c1cccnc1Sc1ccccc1. The van der Waals surface area contributed by atoms with E-state index in [4.69, 9.17) is 0 Å². The van der Waals surface area contributed by atoms with E-state index in [1.54, 1.807) is 12.3 Å². The van der Waals surface area contributed by atoms with Crippen molar-refractivity contribution in [2.24, 2.45) is 0 Å². The molecule has 1 fully saturated rings. The van der Waals surface area contributed by atoms with Gasteiger partial charge in [0.25, 0.3) is 5.91 Å². The minimum absolute atomic E-state index is 0.0853. The number of nitrogens with zero attached hydrogens (tertiary/aromatic N) is 1. The summed E-state index contributed by atoms with van der Waals surface area (Å²) in [5, 5.41) is 13.4. The molecule has 4 nitrogen and oxygen atoms in total. The molecule has 1 aromatic heterocycles. The Morgan fingerprint density at radius 1 is 1.09 bits per heavy atom. The van der Waals surface area contributed by atoms with Gasteiger partial charge in [-0.05, 0) is 49.9 Å². The quantitative estimate of drug-likeness (QED) is 0.904. The average molecular weight is 328 g/mol. The summed E-state index contributed by atoms with van der Waals surface area (Å²) in [6.07, 6.45) is 4.65. The van der Waals surface area contributed by atoms with Crippen molar-refractivity contribution >= 4 is 17.7 Å². The maximum atomic E-state index is 12.6. The van der Waals surface area contributed by atoms with Crippen molar-refractivity contribution in [3.63, 3.8) is 0 Å². The largest absolute Gasteiger partial charge is 0.393 e. The Hall–Kier alpha value is -1.85. The van der Waals surface area contributed by atoms with Gasteiger partial charge in [-0.15, -0.1) is 0 Å². The summed E-state index contributed by atoms with van der Waals surface area (Å²) in [5.41, 5.74) is 0.604. The molecule has 1 heterocycles. The Bertz CT molecular complexity index is 655. The van der Waals surface area contributed by atoms with Crippen LogP contribution in [0.4, 0.5) is 0 Å². The van der Waals surface area contributed by atoms with Crippen LogP contribution in [0.25, 0.3) is 0 Å². The van der Waals surface area contributed by atoms with Gasteiger partial charge in [0.05, 0.1) is 11.7 Å². The van der Waals surface area contributed by atoms with Crippen LogP contribution < -0.4 is 5.32 Å². The Labute approximate surface area is 140 Å². The number of carbonyl (C=O) groups excluding carboxylic acids is 1. The number of rotatable bonds is 4. The Morgan fingerprint density at radius 3 is 2.57 bits per heavy atom. The third-order valence-electron chi connectivity index (χ3n) is 4.01. The van der Waals surface area contributed by atoms with E-state index >= 15 is 0 Å². The van der Waals surface area contributed by atoms with E-state index in [1.165, 1.54) is 11.8 Å². The minimum atomic E-state index is -0.217. The Kier molecular flexibility index (Phi) is 5.31. The standard InChI is InChI=1S/C18H20N2O2S/c21-14-10-8-13(9-11-14)20-17(22)16-7-4-12-19-18(16)23-15-5-2-1-3-6-15/h1-7,12-14,21H,8-11H2,(H,20,22). The van der Waals surface area contributed by atoms with Crippen molar-refractivity contribution in [1.29, 1.82) is 0 Å². The molecule has 2 N–H and O–H groups in total. The molecule has 2 aromatic rings. The fraction of sp³-hybridized carbons (Fsp3) is 0.333. The van der Waals surface area contributed by atoms with Gasteiger partial charge in [0.15, 0.2) is 0 Å². The number of aromatic nitrogens is 1. The van der Waals surface area contributed by atoms with Crippen LogP contribution in [-0.2, 0) is 0 Å². The second-order valence-corrected chi connectivity index (χ2v) is 6.81. The molecule has 0 unspecified atom stereocenters. The summed E-state index contributed by atoms with van der Waals surface area (Å²) in [6.45, 7) is 0. The van der Waals surface area contributed by atoms with E-state index in [-0.39, 0.29) is 18.1 Å². The molecule has 3 rings (SSSR count). The molecule has 0 atom stereocenters. The summed E-state index contributed by atoms with van der Waals surface area (Å²) >= 11 is 1.49. The van der Waals surface area contributed by atoms with Crippen molar-refractivity contribution < 1.29 is 9.90 Å². The van der Waals surface area contributed by atoms with Crippen LogP contribution in [0, 0.1) is 0 Å². The van der Waals surface area contributed by atoms with Crippen molar-refractivity contribution in [1.82, 2.24) is 10.3 Å². The van der Waals surface area contributed by atoms with E-state index in [2.05, 4.69) is 10.3 Å². The zero-order valence-electron chi connectivity index (χ0n) is 12.8. The smallest absolute Gasteiger partial charge is 0.254 e. The van der Waals surface area contributed by atoms with E-state index in [1.807, 2.05) is 36.4 Å². The molecule has 0 spiro atoms. The number of aliphatic hydroxyl groups excluding tert-OH is 1. The molecule has 120 valence electrons. The van der Waals surface area contributed by atoms with Crippen molar-refractivity contribution in [2.75, 3.05) is 0 Å². The molecule has 0 aliphatic heterocycles. The van der Waals surface area contributed by atoms with Gasteiger partial charge in [0.2, 0.25) is 0 Å². The summed E-state index contributed by atoms with van der Waals surface area (Å²) < 4.78 is 0. The number of amides is 1. The van der Waals surface area contributed by atoms with Crippen LogP contribution in [0.2, 0.25) is 0 Å². The first-order chi connectivity index (χ1) is 11.2. The number of hydrogen-bond acceptors (Lipinski definition) is 4. The lowest BCUT2D eigenvalue weighted by molar-refractivity contribution is 0.0864. The van der Waals surface area contributed by atoms with Gasteiger partial charge in [0.1, 0.15) is 5.03 Å². The van der Waals surface area contributed by atoms with Crippen LogP contribution in [-0.4, -0.2) is 28.1 Å². The molecule has 1 aliphatic rings. The van der Waals surface area contributed by atoms with Crippen molar-refractivity contribution in [3.05, 3.63) is 54.2 Å². The topological polar surface area (TPSA) is 62.2 Å². The first-order valence-corrected chi connectivity index (χ1v) is 8.71. The second kappa shape index (κ2) is 7.62. The van der Waals surface area contributed by atoms with Crippen molar-refractivity contribution in [2.45, 2.75) is 47.8 Å². The van der Waals surface area contributed by atoms with E-state index in [9.17, 15) is 9.90 Å². The highest BCUT2D eigenvalue weighted by Gasteiger charge is 2.22. The maximum absolute atomic E-state index is 12.6. The van der Waals surface area contributed by atoms with Gasteiger partial charge >= 0.3 is 0 Å². The zero-order chi connectivity index (χ0) is 16.1. The first-order valence-electron chi connectivity index (χ1n) is 7.89. The number of pyridine rings is 1. The highest BCUT2D eigenvalue weighted by Crippen LogP contribution is 2.28. The molecule has 1 saturated carbocycles. The molecule has 1 amide bonds. The Balaban J connectivity index is 1.70. The van der Waals surface area contributed by atoms with Crippen LogP contribution in [0.5, 0.6) is 0 Å². The summed E-state index contributed by atoms with van der Waals surface area (Å²) in [5.74, 6) is -0.0853. The lowest BCUT2D eigenvalue weighted by Gasteiger charge is -2.26. The Morgan fingerprint density at radius 2 is 1.83 bits per heavy atom. The molecular weight excluding hydrogens is 308 g/mol. The van der Waals surface area contributed by atoms with E-state index in [0.29, 0.717) is 10.6 Å². The number of aliphatic hydroxyl groups is 1. The third-order valence-corrected chi connectivity index (χ3v) is 5.03. The number of nitrogens with one attached hydrogen (secondary N) is 1. The highest BCUT2D eigenvalue weighted by molar-refractivity contribution is 7.99. The zero-order valence-corrected chi connectivity index (χ0v) is 13.6. The van der Waals surface area contributed by atoms with Crippen LogP contribution in [0.1, 0.15) is 36.0 Å².